The van der Waals surface area contributed by atoms with Gasteiger partial charge >= 0.3 is 0 Å². The van der Waals surface area contributed by atoms with E-state index in [1.54, 1.807) is 0 Å². The lowest BCUT2D eigenvalue weighted by Gasteiger charge is -2.36. The van der Waals surface area contributed by atoms with Crippen LogP contribution < -0.4 is 10.4 Å². The van der Waals surface area contributed by atoms with Crippen LogP contribution >= 0.6 is 0 Å². The van der Waals surface area contributed by atoms with E-state index in [2.05, 4.69) is 64.2 Å². The molecule has 0 aliphatic carbocycles. The molecule has 1 unspecified atom stereocenters. The molecule has 27 heavy (non-hydrogen) atoms. The quantitative estimate of drug-likeness (QED) is 0.490. The van der Waals surface area contributed by atoms with E-state index in [1.165, 1.54) is 11.1 Å². The standard InChI is InChI=1S/C21H29N5O/c1-4-16(2)18-7-9-19(10-8-18)23-21(24-27)26-14-12-25(13-15-26)20-17(3)6-5-11-22-20/h5-11,16,27H,4,12-15H2,1-3H3,(H,23,24). The molecule has 1 aromatic heterocycles. The first-order valence-electron chi connectivity index (χ1n) is 9.62. The monoisotopic (exact) mass is 367 g/mol. The zero-order valence-electron chi connectivity index (χ0n) is 16.4. The van der Waals surface area contributed by atoms with Gasteiger partial charge in [0, 0.05) is 32.4 Å². The lowest BCUT2D eigenvalue weighted by Crippen LogP contribution is -2.52. The first-order valence-corrected chi connectivity index (χ1v) is 9.62. The van der Waals surface area contributed by atoms with Gasteiger partial charge in [0.25, 0.3) is 0 Å². The minimum Gasteiger partial charge on any atom is -0.353 e. The zero-order chi connectivity index (χ0) is 19.2. The molecule has 2 heterocycles. The maximum absolute atomic E-state index is 9.60. The normalized spacial score (nSPS) is 16.4. The van der Waals surface area contributed by atoms with Gasteiger partial charge in [0.05, 0.1) is 5.69 Å². The minimum atomic E-state index is 0.490. The summed E-state index contributed by atoms with van der Waals surface area (Å²) in [4.78, 5) is 13.4. The molecule has 1 saturated heterocycles. The van der Waals surface area contributed by atoms with Gasteiger partial charge in [-0.15, -0.1) is 0 Å². The number of hydroxylamine groups is 1. The second-order valence-corrected chi connectivity index (χ2v) is 7.07. The van der Waals surface area contributed by atoms with Gasteiger partial charge in [0.2, 0.25) is 5.96 Å². The van der Waals surface area contributed by atoms with Crippen molar-refractivity contribution in [2.75, 3.05) is 31.1 Å². The number of aromatic nitrogens is 1. The first kappa shape index (κ1) is 19.2. The number of hydrogen-bond acceptors (Lipinski definition) is 4. The van der Waals surface area contributed by atoms with Crippen molar-refractivity contribution in [3.8, 4) is 0 Å². The van der Waals surface area contributed by atoms with Crippen molar-refractivity contribution in [2.45, 2.75) is 33.1 Å². The molecule has 1 fully saturated rings. The van der Waals surface area contributed by atoms with E-state index in [1.807, 2.05) is 24.4 Å². The summed E-state index contributed by atoms with van der Waals surface area (Å²) in [6.07, 6.45) is 2.95. The van der Waals surface area contributed by atoms with Crippen LogP contribution in [0.3, 0.4) is 0 Å². The summed E-state index contributed by atoms with van der Waals surface area (Å²) < 4.78 is 0. The largest absolute Gasteiger partial charge is 0.353 e. The summed E-state index contributed by atoms with van der Waals surface area (Å²) in [5, 5.41) is 9.60. The van der Waals surface area contributed by atoms with Gasteiger partial charge in [-0.1, -0.05) is 32.0 Å². The number of nitrogens with zero attached hydrogens (tertiary/aromatic N) is 4. The highest BCUT2D eigenvalue weighted by Gasteiger charge is 2.21. The van der Waals surface area contributed by atoms with Gasteiger partial charge in [0.1, 0.15) is 5.82 Å². The molecule has 0 spiro atoms. The Morgan fingerprint density at radius 2 is 1.89 bits per heavy atom. The fourth-order valence-electron chi connectivity index (χ4n) is 3.34. The van der Waals surface area contributed by atoms with Crippen LogP contribution in [0.4, 0.5) is 11.5 Å². The molecule has 6 heteroatoms. The molecule has 1 aliphatic heterocycles. The molecule has 144 valence electrons. The highest BCUT2D eigenvalue weighted by atomic mass is 16.5. The molecular formula is C21H29N5O. The SMILES string of the molecule is CCC(C)c1ccc(N=C(NO)N2CCN(c3ncccc3C)CC2)cc1. The van der Waals surface area contributed by atoms with Crippen LogP contribution in [0.2, 0.25) is 0 Å². The third-order valence-electron chi connectivity index (χ3n) is 5.27. The molecular weight excluding hydrogens is 338 g/mol. The minimum absolute atomic E-state index is 0.490. The second-order valence-electron chi connectivity index (χ2n) is 7.07. The number of benzene rings is 1. The summed E-state index contributed by atoms with van der Waals surface area (Å²) >= 11 is 0. The van der Waals surface area contributed by atoms with Gasteiger partial charge in [-0.25, -0.2) is 15.5 Å². The molecule has 0 bridgehead atoms. The maximum atomic E-state index is 9.60. The number of anilines is 1. The van der Waals surface area contributed by atoms with Crippen molar-refractivity contribution in [1.29, 1.82) is 0 Å². The molecule has 1 aliphatic rings. The van der Waals surface area contributed by atoms with Crippen molar-refractivity contribution in [1.82, 2.24) is 15.4 Å². The molecule has 2 aromatic rings. The number of aryl methyl sites for hydroxylation is 1. The number of piperazine rings is 1. The molecule has 0 saturated carbocycles. The average molecular weight is 367 g/mol. The van der Waals surface area contributed by atoms with Crippen LogP contribution in [0.15, 0.2) is 47.6 Å². The predicted octanol–water partition coefficient (Wildman–Crippen LogP) is 3.69. The Morgan fingerprint density at radius 3 is 2.48 bits per heavy atom. The summed E-state index contributed by atoms with van der Waals surface area (Å²) in [6.45, 7) is 9.72. The van der Waals surface area contributed by atoms with E-state index >= 15 is 0 Å². The van der Waals surface area contributed by atoms with Crippen molar-refractivity contribution >= 4 is 17.5 Å². The highest BCUT2D eigenvalue weighted by molar-refractivity contribution is 5.82. The number of guanidine groups is 1. The Bertz CT molecular complexity index is 766. The van der Waals surface area contributed by atoms with Crippen molar-refractivity contribution < 1.29 is 5.21 Å². The Labute approximate surface area is 161 Å². The van der Waals surface area contributed by atoms with Crippen LogP contribution in [0.25, 0.3) is 0 Å². The molecule has 3 rings (SSSR count). The van der Waals surface area contributed by atoms with Gasteiger partial charge in [-0.3, -0.25) is 5.21 Å². The molecule has 0 radical (unpaired) electrons. The summed E-state index contributed by atoms with van der Waals surface area (Å²) in [7, 11) is 0. The van der Waals surface area contributed by atoms with Crippen molar-refractivity contribution in [3.05, 3.63) is 53.7 Å². The molecule has 1 atom stereocenters. The summed E-state index contributed by atoms with van der Waals surface area (Å²) in [5.74, 6) is 2.07. The van der Waals surface area contributed by atoms with Crippen molar-refractivity contribution in [3.63, 3.8) is 0 Å². The Hall–Kier alpha value is -2.60. The second kappa shape index (κ2) is 8.86. The summed E-state index contributed by atoms with van der Waals surface area (Å²) in [6, 6.07) is 12.3. The number of pyridine rings is 1. The Balaban J connectivity index is 1.66. The smallest absolute Gasteiger partial charge is 0.223 e. The van der Waals surface area contributed by atoms with E-state index in [-0.39, 0.29) is 0 Å². The third kappa shape index (κ3) is 4.57. The van der Waals surface area contributed by atoms with Crippen LogP contribution in [-0.2, 0) is 0 Å². The van der Waals surface area contributed by atoms with Crippen LogP contribution in [0, 0.1) is 6.92 Å². The van der Waals surface area contributed by atoms with Gasteiger partial charge in [-0.05, 0) is 48.6 Å². The van der Waals surface area contributed by atoms with Crippen LogP contribution in [-0.4, -0.2) is 47.2 Å². The number of aliphatic imine (C=N–C) groups is 1. The maximum Gasteiger partial charge on any atom is 0.223 e. The number of hydrogen-bond donors (Lipinski definition) is 2. The first-order chi connectivity index (χ1) is 13.1. The fourth-order valence-corrected chi connectivity index (χ4v) is 3.34. The predicted molar refractivity (Wildman–Crippen MR) is 110 cm³/mol. The molecule has 0 amide bonds. The van der Waals surface area contributed by atoms with E-state index in [0.717, 1.165) is 44.1 Å². The van der Waals surface area contributed by atoms with Gasteiger partial charge in [0.15, 0.2) is 0 Å². The zero-order valence-corrected chi connectivity index (χ0v) is 16.4. The molecule has 2 N–H and O–H groups in total. The van der Waals surface area contributed by atoms with E-state index in [0.29, 0.717) is 11.9 Å². The van der Waals surface area contributed by atoms with E-state index < -0.39 is 0 Å². The van der Waals surface area contributed by atoms with Gasteiger partial charge in [-0.2, -0.15) is 0 Å². The Morgan fingerprint density at radius 1 is 1.19 bits per heavy atom. The summed E-state index contributed by atoms with van der Waals surface area (Å²) in [5.41, 5.74) is 5.61. The Kier molecular flexibility index (Phi) is 6.29. The lowest BCUT2D eigenvalue weighted by atomic mass is 9.99. The fraction of sp³-hybridized carbons (Fsp3) is 0.429. The topological polar surface area (TPSA) is 64.0 Å². The van der Waals surface area contributed by atoms with Gasteiger partial charge < -0.3 is 9.80 Å². The highest BCUT2D eigenvalue weighted by Crippen LogP contribution is 2.22. The molecule has 1 aromatic carbocycles. The number of nitrogens with one attached hydrogen (secondary N) is 1. The van der Waals surface area contributed by atoms with Crippen LogP contribution in [0.5, 0.6) is 0 Å². The third-order valence-corrected chi connectivity index (χ3v) is 5.27. The molecule has 6 nitrogen and oxygen atoms in total. The van der Waals surface area contributed by atoms with Crippen LogP contribution in [0.1, 0.15) is 37.3 Å². The van der Waals surface area contributed by atoms with E-state index in [4.69, 9.17) is 0 Å². The van der Waals surface area contributed by atoms with Crippen molar-refractivity contribution in [2.24, 2.45) is 4.99 Å². The van der Waals surface area contributed by atoms with E-state index in [9.17, 15) is 5.21 Å². The lowest BCUT2D eigenvalue weighted by molar-refractivity contribution is 0.207. The number of rotatable bonds is 4. The average Bonchev–Trinajstić information content (AvgIpc) is 2.72.